The molecule has 0 aliphatic heterocycles. The summed E-state index contributed by atoms with van der Waals surface area (Å²) in [7, 11) is 0. The Bertz CT molecular complexity index is 1430. The molecule has 4 nitrogen and oxygen atoms in total. The van der Waals surface area contributed by atoms with E-state index in [1.165, 1.54) is 78.5 Å². The molecule has 0 fully saturated rings. The second-order valence-electron chi connectivity index (χ2n) is 9.56. The average molecular weight is 515 g/mol. The maximum Gasteiger partial charge on any atom is 0.148 e. The van der Waals surface area contributed by atoms with Crippen LogP contribution in [0.4, 0.5) is 0 Å². The van der Waals surface area contributed by atoms with Gasteiger partial charge in [-0.25, -0.2) is 0 Å². The van der Waals surface area contributed by atoms with Crippen LogP contribution in [0, 0.1) is 0 Å². The summed E-state index contributed by atoms with van der Waals surface area (Å²) in [6.07, 6.45) is 12.1. The zero-order chi connectivity index (χ0) is 24.7. The van der Waals surface area contributed by atoms with Crippen molar-refractivity contribution in [3.05, 3.63) is 58.5 Å². The Morgan fingerprint density at radius 2 is 1.28 bits per heavy atom. The van der Waals surface area contributed by atoms with Crippen LogP contribution in [0.5, 0.6) is 0 Å². The monoisotopic (exact) mass is 514 g/mol. The van der Waals surface area contributed by atoms with Gasteiger partial charge in [-0.1, -0.05) is 105 Å². The first-order valence-corrected chi connectivity index (χ1v) is 15.0. The molecule has 3 aromatic carbocycles. The van der Waals surface area contributed by atoms with Gasteiger partial charge >= 0.3 is 0 Å². The van der Waals surface area contributed by atoms with Crippen molar-refractivity contribution in [3.63, 3.8) is 0 Å². The van der Waals surface area contributed by atoms with Crippen LogP contribution in [-0.2, 0) is 12.8 Å². The molecule has 5 aromatic rings. The third kappa shape index (κ3) is 5.81. The topological polar surface area (TPSA) is 51.6 Å². The number of unbranched alkanes of at least 4 members (excludes halogenated alkanes) is 6. The Morgan fingerprint density at radius 3 is 2.00 bits per heavy atom. The molecule has 0 unspecified atom stereocenters. The third-order valence-electron chi connectivity index (χ3n) is 6.74. The molecule has 6 heteroatoms. The molecule has 186 valence electrons. The van der Waals surface area contributed by atoms with E-state index >= 15 is 0 Å². The zero-order valence-corrected chi connectivity index (χ0v) is 22.9. The lowest BCUT2D eigenvalue weighted by atomic mass is 9.99. The number of hydrogen-bond donors (Lipinski definition) is 0. The first-order valence-electron chi connectivity index (χ1n) is 13.4. The van der Waals surface area contributed by atoms with Crippen molar-refractivity contribution in [2.24, 2.45) is 0 Å². The molecular formula is C30H34N4S2. The summed E-state index contributed by atoms with van der Waals surface area (Å²) in [6.45, 7) is 4.49. The maximum atomic E-state index is 4.56. The third-order valence-corrected chi connectivity index (χ3v) is 8.79. The van der Waals surface area contributed by atoms with E-state index in [0.717, 1.165) is 38.4 Å². The average Bonchev–Trinajstić information content (AvgIpc) is 3.57. The molecule has 0 amide bonds. The zero-order valence-electron chi connectivity index (χ0n) is 21.3. The van der Waals surface area contributed by atoms with Gasteiger partial charge in [0.1, 0.15) is 20.0 Å². The number of fused-ring (bicyclic) bond motifs is 2. The van der Waals surface area contributed by atoms with Gasteiger partial charge in [-0.3, -0.25) is 0 Å². The number of aryl methyl sites for hydroxylation is 2. The molecule has 0 bridgehead atoms. The number of hydrogen-bond acceptors (Lipinski definition) is 6. The van der Waals surface area contributed by atoms with Gasteiger partial charge < -0.3 is 0 Å². The van der Waals surface area contributed by atoms with E-state index in [2.05, 4.69) is 82.8 Å². The first-order chi connectivity index (χ1) is 17.7. The standard InChI is InChI=1S/C30H34N4S2/c1-3-5-7-9-14-27-31-33-29(35-27)23-17-16-21-20-26-22(18-24(21)19-23)12-11-13-25(26)30-34-32-28(36-30)15-10-8-6-4-2/h11-13,16-20H,3-10,14-15H2,1-2H3. The summed E-state index contributed by atoms with van der Waals surface area (Å²) >= 11 is 3.47. The molecule has 0 spiro atoms. The fraction of sp³-hybridized carbons (Fsp3) is 0.400. The summed E-state index contributed by atoms with van der Waals surface area (Å²) in [6, 6.07) is 17.7. The Kier molecular flexibility index (Phi) is 8.34. The van der Waals surface area contributed by atoms with Crippen molar-refractivity contribution in [2.75, 3.05) is 0 Å². The smallest absolute Gasteiger partial charge is 0.143 e. The number of rotatable bonds is 12. The highest BCUT2D eigenvalue weighted by Gasteiger charge is 2.12. The van der Waals surface area contributed by atoms with E-state index in [1.807, 2.05) is 0 Å². The summed E-state index contributed by atoms with van der Waals surface area (Å²) in [5, 5.41) is 27.2. The molecule has 2 heterocycles. The minimum absolute atomic E-state index is 1.01. The van der Waals surface area contributed by atoms with Crippen LogP contribution < -0.4 is 0 Å². The van der Waals surface area contributed by atoms with E-state index in [-0.39, 0.29) is 0 Å². The fourth-order valence-corrected chi connectivity index (χ4v) is 6.48. The van der Waals surface area contributed by atoms with Gasteiger partial charge in [-0.2, -0.15) is 0 Å². The van der Waals surface area contributed by atoms with Crippen molar-refractivity contribution in [2.45, 2.75) is 78.1 Å². The Hall–Kier alpha value is -2.70. The van der Waals surface area contributed by atoms with Gasteiger partial charge in [0.2, 0.25) is 0 Å². The van der Waals surface area contributed by atoms with E-state index in [4.69, 9.17) is 0 Å². The summed E-state index contributed by atoms with van der Waals surface area (Å²) < 4.78 is 0. The lowest BCUT2D eigenvalue weighted by molar-refractivity contribution is 0.663. The van der Waals surface area contributed by atoms with Gasteiger partial charge in [0.25, 0.3) is 0 Å². The van der Waals surface area contributed by atoms with Crippen LogP contribution in [0.15, 0.2) is 48.5 Å². The second-order valence-corrected chi connectivity index (χ2v) is 11.7. The molecule has 36 heavy (non-hydrogen) atoms. The van der Waals surface area contributed by atoms with Crippen LogP contribution in [0.1, 0.15) is 75.2 Å². The van der Waals surface area contributed by atoms with Crippen LogP contribution in [0.25, 0.3) is 42.7 Å². The molecule has 0 radical (unpaired) electrons. The summed E-state index contributed by atoms with van der Waals surface area (Å²) in [5.41, 5.74) is 2.32. The maximum absolute atomic E-state index is 4.56. The van der Waals surface area contributed by atoms with Crippen molar-refractivity contribution < 1.29 is 0 Å². The van der Waals surface area contributed by atoms with Gasteiger partial charge in [0.15, 0.2) is 0 Å². The first kappa shape index (κ1) is 25.0. The molecule has 0 aliphatic rings. The van der Waals surface area contributed by atoms with Crippen LogP contribution >= 0.6 is 22.7 Å². The predicted octanol–water partition coefficient (Wildman–Crippen LogP) is 9.28. The highest BCUT2D eigenvalue weighted by molar-refractivity contribution is 7.15. The van der Waals surface area contributed by atoms with Gasteiger partial charge in [0, 0.05) is 24.0 Å². The van der Waals surface area contributed by atoms with Gasteiger partial charge in [0.05, 0.1) is 0 Å². The van der Waals surface area contributed by atoms with Crippen LogP contribution in [-0.4, -0.2) is 20.4 Å². The molecule has 5 rings (SSSR count). The van der Waals surface area contributed by atoms with Crippen molar-refractivity contribution in [3.8, 4) is 21.1 Å². The molecular weight excluding hydrogens is 480 g/mol. The molecule has 0 atom stereocenters. The van der Waals surface area contributed by atoms with Gasteiger partial charge in [-0.15, -0.1) is 20.4 Å². The Balaban J connectivity index is 1.38. The number of aromatic nitrogens is 4. The minimum atomic E-state index is 1.01. The number of benzene rings is 3. The van der Waals surface area contributed by atoms with Crippen molar-refractivity contribution >= 4 is 44.2 Å². The number of nitrogens with zero attached hydrogens (tertiary/aromatic N) is 4. The Morgan fingerprint density at radius 1 is 0.583 bits per heavy atom. The lowest BCUT2D eigenvalue weighted by Gasteiger charge is -2.07. The summed E-state index contributed by atoms with van der Waals surface area (Å²) in [4.78, 5) is 0. The van der Waals surface area contributed by atoms with Crippen molar-refractivity contribution in [1.29, 1.82) is 0 Å². The second kappa shape index (κ2) is 12.0. The van der Waals surface area contributed by atoms with E-state index < -0.39 is 0 Å². The minimum Gasteiger partial charge on any atom is -0.143 e. The van der Waals surface area contributed by atoms with E-state index in [1.54, 1.807) is 22.7 Å². The highest BCUT2D eigenvalue weighted by atomic mass is 32.1. The largest absolute Gasteiger partial charge is 0.148 e. The van der Waals surface area contributed by atoms with E-state index in [9.17, 15) is 0 Å². The van der Waals surface area contributed by atoms with Crippen molar-refractivity contribution in [1.82, 2.24) is 20.4 Å². The SMILES string of the molecule is CCCCCCc1nnc(-c2ccc3cc4c(-c5nnc(CCCCCC)s5)cccc4cc3c2)s1. The van der Waals surface area contributed by atoms with E-state index in [0.29, 0.717) is 0 Å². The van der Waals surface area contributed by atoms with Crippen LogP contribution in [0.2, 0.25) is 0 Å². The lowest BCUT2D eigenvalue weighted by Crippen LogP contribution is -1.85. The van der Waals surface area contributed by atoms with Gasteiger partial charge in [-0.05, 0) is 52.6 Å². The molecule has 0 saturated carbocycles. The summed E-state index contributed by atoms with van der Waals surface area (Å²) in [5.74, 6) is 0. The predicted molar refractivity (Wildman–Crippen MR) is 155 cm³/mol. The molecule has 2 aromatic heterocycles. The quantitative estimate of drug-likeness (QED) is 0.123. The normalized spacial score (nSPS) is 11.6. The Labute approximate surface area is 221 Å². The highest BCUT2D eigenvalue weighted by Crippen LogP contribution is 2.35. The van der Waals surface area contributed by atoms with Crippen LogP contribution in [0.3, 0.4) is 0 Å². The molecule has 0 saturated heterocycles. The molecule has 0 N–H and O–H groups in total. The molecule has 0 aliphatic carbocycles. The fourth-order valence-electron chi connectivity index (χ4n) is 4.68.